The number of carbonyl (C=O) groups is 2. The lowest BCUT2D eigenvalue weighted by molar-refractivity contribution is -0.137. The Morgan fingerprint density at radius 1 is 1.22 bits per heavy atom. The van der Waals surface area contributed by atoms with Gasteiger partial charge in [-0.05, 0) is 51.5 Å². The van der Waals surface area contributed by atoms with Crippen molar-refractivity contribution >= 4 is 23.6 Å². The molecule has 1 saturated heterocycles. The van der Waals surface area contributed by atoms with Gasteiger partial charge in [0.25, 0.3) is 5.56 Å². The summed E-state index contributed by atoms with van der Waals surface area (Å²) in [6.45, 7) is 7.87. The number of fused-ring (bicyclic) bond motifs is 1. The van der Waals surface area contributed by atoms with Gasteiger partial charge in [0.15, 0.2) is 0 Å². The first-order valence-corrected chi connectivity index (χ1v) is 13.2. The highest BCUT2D eigenvalue weighted by molar-refractivity contribution is 6.30. The number of amides is 2. The number of β-amino-alcohol motifs (C(OH)–C–C–N with tert-alkyl or cyclic N) is 1. The first-order chi connectivity index (χ1) is 17.5. The SMILES string of the molecule is CCCCC1CN(C(=O)[C@H]2C[C@@H](O)CN2C(=O)OC(C)(C)C)Cc2c1nc(-c1ccc(Cl)cc1)[nH]c2=O. The van der Waals surface area contributed by atoms with E-state index in [1.165, 1.54) is 4.90 Å². The summed E-state index contributed by atoms with van der Waals surface area (Å²) in [6.07, 6.45) is 1.34. The molecule has 4 rings (SSSR count). The molecule has 1 unspecified atom stereocenters. The molecule has 1 aromatic heterocycles. The van der Waals surface area contributed by atoms with Crippen molar-refractivity contribution in [3.05, 3.63) is 50.9 Å². The Hall–Kier alpha value is -2.91. The fourth-order valence-electron chi connectivity index (χ4n) is 4.99. The zero-order chi connectivity index (χ0) is 26.9. The van der Waals surface area contributed by atoms with E-state index in [4.69, 9.17) is 21.3 Å². The van der Waals surface area contributed by atoms with Gasteiger partial charge in [-0.3, -0.25) is 14.5 Å². The Balaban J connectivity index is 1.64. The molecule has 2 aliphatic heterocycles. The number of ether oxygens (including phenoxy) is 1. The summed E-state index contributed by atoms with van der Waals surface area (Å²) in [6, 6.07) is 6.26. The molecule has 2 aliphatic rings. The molecule has 3 atom stereocenters. The smallest absolute Gasteiger partial charge is 0.411 e. The Labute approximate surface area is 221 Å². The summed E-state index contributed by atoms with van der Waals surface area (Å²) < 4.78 is 5.48. The number of rotatable bonds is 5. The largest absolute Gasteiger partial charge is 0.444 e. The number of aliphatic hydroxyl groups excluding tert-OH is 1. The molecule has 0 aliphatic carbocycles. The predicted molar refractivity (Wildman–Crippen MR) is 140 cm³/mol. The monoisotopic (exact) mass is 530 g/mol. The Bertz CT molecular complexity index is 1210. The van der Waals surface area contributed by atoms with Crippen LogP contribution in [-0.4, -0.2) is 67.7 Å². The second-order valence-corrected chi connectivity index (χ2v) is 11.3. The second kappa shape index (κ2) is 10.8. The molecule has 1 fully saturated rings. The molecule has 2 N–H and O–H groups in total. The van der Waals surface area contributed by atoms with Gasteiger partial charge in [-0.2, -0.15) is 0 Å². The minimum Gasteiger partial charge on any atom is -0.444 e. The normalized spacial score (nSPS) is 21.6. The first-order valence-electron chi connectivity index (χ1n) is 12.8. The van der Waals surface area contributed by atoms with E-state index in [0.29, 0.717) is 28.6 Å². The van der Waals surface area contributed by atoms with E-state index in [-0.39, 0.29) is 36.9 Å². The molecule has 37 heavy (non-hydrogen) atoms. The summed E-state index contributed by atoms with van der Waals surface area (Å²) >= 11 is 6.02. The third-order valence-corrected chi connectivity index (χ3v) is 7.00. The third-order valence-electron chi connectivity index (χ3n) is 6.75. The molecule has 0 radical (unpaired) electrons. The molecule has 3 heterocycles. The fourth-order valence-corrected chi connectivity index (χ4v) is 5.11. The van der Waals surface area contributed by atoms with E-state index >= 15 is 0 Å². The summed E-state index contributed by atoms with van der Waals surface area (Å²) in [5, 5.41) is 10.9. The molecule has 1 aromatic carbocycles. The average molecular weight is 531 g/mol. The number of unbranched alkanes of at least 4 members (excludes halogenated alkanes) is 1. The second-order valence-electron chi connectivity index (χ2n) is 10.9. The number of carbonyl (C=O) groups excluding carboxylic acids is 2. The number of aromatic nitrogens is 2. The predicted octanol–water partition coefficient (Wildman–Crippen LogP) is 4.08. The molecule has 0 spiro atoms. The summed E-state index contributed by atoms with van der Waals surface area (Å²) in [5.41, 5.74) is 0.908. The molecule has 9 nitrogen and oxygen atoms in total. The maximum absolute atomic E-state index is 13.7. The molecule has 0 bridgehead atoms. The molecular formula is C27H35ClN4O5. The van der Waals surface area contributed by atoms with Crippen LogP contribution in [0.5, 0.6) is 0 Å². The van der Waals surface area contributed by atoms with Crippen LogP contribution in [0.1, 0.15) is 70.6 Å². The van der Waals surface area contributed by atoms with E-state index in [9.17, 15) is 19.5 Å². The molecule has 0 saturated carbocycles. The van der Waals surface area contributed by atoms with Gasteiger partial charge < -0.3 is 19.7 Å². The van der Waals surface area contributed by atoms with E-state index < -0.39 is 23.8 Å². The number of nitrogens with zero attached hydrogens (tertiary/aromatic N) is 3. The van der Waals surface area contributed by atoms with Gasteiger partial charge in [0.2, 0.25) is 5.91 Å². The zero-order valence-electron chi connectivity index (χ0n) is 21.8. The van der Waals surface area contributed by atoms with Crippen molar-refractivity contribution in [2.24, 2.45) is 0 Å². The van der Waals surface area contributed by atoms with Crippen molar-refractivity contribution in [3.8, 4) is 11.4 Å². The Kier molecular flexibility index (Phi) is 7.94. The minimum absolute atomic E-state index is 0.0294. The lowest BCUT2D eigenvalue weighted by Gasteiger charge is -2.36. The van der Waals surface area contributed by atoms with Crippen LogP contribution in [-0.2, 0) is 16.1 Å². The summed E-state index contributed by atoms with van der Waals surface area (Å²) in [7, 11) is 0. The standard InChI is InChI=1S/C27H35ClN4O5/c1-5-6-7-17-13-31(25(35)21-12-19(33)14-32(21)26(36)37-27(2,3)4)15-20-22(17)29-23(30-24(20)34)16-8-10-18(28)11-9-16/h8-11,17,19,21,33H,5-7,12-15H2,1-4H3,(H,29,30,34)/t17?,19-,21-/m1/s1. The third kappa shape index (κ3) is 6.15. The van der Waals surface area contributed by atoms with Gasteiger partial charge >= 0.3 is 6.09 Å². The topological polar surface area (TPSA) is 116 Å². The fraction of sp³-hybridized carbons (Fsp3) is 0.556. The number of hydrogen-bond acceptors (Lipinski definition) is 6. The zero-order valence-corrected chi connectivity index (χ0v) is 22.5. The maximum Gasteiger partial charge on any atom is 0.411 e. The van der Waals surface area contributed by atoms with Crippen LogP contribution >= 0.6 is 11.6 Å². The van der Waals surface area contributed by atoms with Crippen LogP contribution in [0.15, 0.2) is 29.1 Å². The van der Waals surface area contributed by atoms with E-state index in [0.717, 1.165) is 24.8 Å². The number of H-pyrrole nitrogens is 1. The van der Waals surface area contributed by atoms with Gasteiger partial charge in [-0.1, -0.05) is 31.4 Å². The number of nitrogens with one attached hydrogen (secondary N) is 1. The van der Waals surface area contributed by atoms with Crippen molar-refractivity contribution in [1.29, 1.82) is 0 Å². The molecule has 2 aromatic rings. The van der Waals surface area contributed by atoms with Crippen LogP contribution in [0.25, 0.3) is 11.4 Å². The van der Waals surface area contributed by atoms with Gasteiger partial charge in [0.05, 0.1) is 30.5 Å². The average Bonchev–Trinajstić information content (AvgIpc) is 3.23. The number of benzene rings is 1. The van der Waals surface area contributed by atoms with E-state index in [2.05, 4.69) is 11.9 Å². The molecule has 10 heteroatoms. The lowest BCUT2D eigenvalue weighted by Crippen LogP contribution is -2.51. The molecule has 2 amide bonds. The summed E-state index contributed by atoms with van der Waals surface area (Å²) in [4.78, 5) is 50.4. The van der Waals surface area contributed by atoms with Gasteiger partial charge in [0.1, 0.15) is 17.5 Å². The highest BCUT2D eigenvalue weighted by Crippen LogP contribution is 2.32. The van der Waals surface area contributed by atoms with Gasteiger partial charge in [-0.15, -0.1) is 0 Å². The Morgan fingerprint density at radius 2 is 1.92 bits per heavy atom. The van der Waals surface area contributed by atoms with Crippen molar-refractivity contribution in [2.45, 2.75) is 83.6 Å². The maximum atomic E-state index is 13.7. The highest BCUT2D eigenvalue weighted by atomic mass is 35.5. The van der Waals surface area contributed by atoms with Crippen LogP contribution in [0.4, 0.5) is 4.79 Å². The van der Waals surface area contributed by atoms with Crippen LogP contribution in [0, 0.1) is 0 Å². The number of likely N-dealkylation sites (tertiary alicyclic amines) is 1. The van der Waals surface area contributed by atoms with Crippen molar-refractivity contribution in [2.75, 3.05) is 13.1 Å². The minimum atomic E-state index is -0.849. The van der Waals surface area contributed by atoms with Crippen LogP contribution < -0.4 is 5.56 Å². The lowest BCUT2D eigenvalue weighted by atomic mass is 9.90. The number of aliphatic hydroxyl groups is 1. The molecule has 200 valence electrons. The van der Waals surface area contributed by atoms with Crippen molar-refractivity contribution in [1.82, 2.24) is 19.8 Å². The van der Waals surface area contributed by atoms with E-state index in [1.54, 1.807) is 37.8 Å². The van der Waals surface area contributed by atoms with Crippen LogP contribution in [0.3, 0.4) is 0 Å². The number of halogens is 1. The Morgan fingerprint density at radius 3 is 2.57 bits per heavy atom. The van der Waals surface area contributed by atoms with Crippen molar-refractivity contribution < 1.29 is 19.4 Å². The first kappa shape index (κ1) is 27.1. The molecular weight excluding hydrogens is 496 g/mol. The van der Waals surface area contributed by atoms with Crippen molar-refractivity contribution in [3.63, 3.8) is 0 Å². The van der Waals surface area contributed by atoms with Gasteiger partial charge in [-0.25, -0.2) is 9.78 Å². The highest BCUT2D eigenvalue weighted by Gasteiger charge is 2.44. The number of hydrogen-bond donors (Lipinski definition) is 2. The number of aromatic amines is 1. The van der Waals surface area contributed by atoms with Gasteiger partial charge in [0, 0.05) is 29.5 Å². The van der Waals surface area contributed by atoms with Crippen LogP contribution in [0.2, 0.25) is 5.02 Å². The quantitative estimate of drug-likeness (QED) is 0.602. The summed E-state index contributed by atoms with van der Waals surface area (Å²) in [5.74, 6) is 0.0507. The van der Waals surface area contributed by atoms with E-state index in [1.807, 2.05) is 12.1 Å².